The normalized spacial score (nSPS) is 13.9. The second kappa shape index (κ2) is 14.1. The number of carbonyl (C=O) groups excluding carboxylic acids is 3. The number of urea groups is 1. The molecular formula is C15H30N6O5S. The van der Waals surface area contributed by atoms with E-state index in [9.17, 15) is 24.3 Å². The molecule has 4 amide bonds. The smallest absolute Gasteiger partial charge is 0.326 e. The van der Waals surface area contributed by atoms with Crippen molar-refractivity contribution in [2.45, 2.75) is 50.2 Å². The topological polar surface area (TPSA) is 203 Å². The maximum absolute atomic E-state index is 12.5. The lowest BCUT2D eigenvalue weighted by Gasteiger charge is -2.22. The molecule has 12 heteroatoms. The van der Waals surface area contributed by atoms with Gasteiger partial charge in [0.1, 0.15) is 12.1 Å². The van der Waals surface area contributed by atoms with Gasteiger partial charge in [-0.25, -0.2) is 9.59 Å². The number of hydrogen-bond donors (Lipinski definition) is 8. The van der Waals surface area contributed by atoms with Crippen molar-refractivity contribution in [3.63, 3.8) is 0 Å². The average molecular weight is 407 g/mol. The maximum atomic E-state index is 12.5. The zero-order chi connectivity index (χ0) is 20.8. The van der Waals surface area contributed by atoms with Crippen LogP contribution in [-0.2, 0) is 14.4 Å². The first-order valence-corrected chi connectivity index (χ1v) is 9.29. The van der Waals surface area contributed by atoms with E-state index in [0.717, 1.165) is 0 Å². The number of hydrogen-bond acceptors (Lipinski definition) is 7. The van der Waals surface area contributed by atoms with Gasteiger partial charge in [0, 0.05) is 12.3 Å². The van der Waals surface area contributed by atoms with Gasteiger partial charge in [-0.15, -0.1) is 0 Å². The number of carboxylic acids is 1. The fourth-order valence-electron chi connectivity index (χ4n) is 2.17. The zero-order valence-electron chi connectivity index (χ0n) is 15.1. The molecule has 0 aromatic heterocycles. The number of rotatable bonds is 14. The van der Waals surface area contributed by atoms with Gasteiger partial charge < -0.3 is 38.3 Å². The lowest BCUT2D eigenvalue weighted by atomic mass is 10.1. The van der Waals surface area contributed by atoms with Crippen LogP contribution in [0, 0.1) is 0 Å². The molecule has 0 bridgehead atoms. The van der Waals surface area contributed by atoms with Gasteiger partial charge in [-0.1, -0.05) is 0 Å². The van der Waals surface area contributed by atoms with E-state index in [1.165, 1.54) is 0 Å². The van der Waals surface area contributed by atoms with E-state index in [0.29, 0.717) is 25.8 Å². The molecule has 0 heterocycles. The van der Waals surface area contributed by atoms with Crippen LogP contribution < -0.4 is 33.2 Å². The first-order chi connectivity index (χ1) is 12.7. The number of carbonyl (C=O) groups is 4. The van der Waals surface area contributed by atoms with Gasteiger partial charge >= 0.3 is 12.0 Å². The van der Waals surface area contributed by atoms with Gasteiger partial charge in [-0.05, 0) is 38.6 Å². The van der Waals surface area contributed by atoms with Crippen molar-refractivity contribution in [2.75, 3.05) is 18.8 Å². The van der Waals surface area contributed by atoms with Crippen molar-refractivity contribution >= 4 is 36.4 Å². The molecule has 0 unspecified atom stereocenters. The number of primary amides is 1. The van der Waals surface area contributed by atoms with Crippen molar-refractivity contribution in [1.82, 2.24) is 16.0 Å². The summed E-state index contributed by atoms with van der Waals surface area (Å²) >= 11 is 3.93. The number of nitrogens with one attached hydrogen (secondary N) is 3. The van der Waals surface area contributed by atoms with Gasteiger partial charge in [0.05, 0.1) is 6.04 Å². The Morgan fingerprint density at radius 1 is 0.963 bits per heavy atom. The Kier molecular flexibility index (Phi) is 13.0. The van der Waals surface area contributed by atoms with E-state index in [-0.39, 0.29) is 25.1 Å². The van der Waals surface area contributed by atoms with E-state index in [1.807, 2.05) is 0 Å². The molecular weight excluding hydrogens is 376 g/mol. The summed E-state index contributed by atoms with van der Waals surface area (Å²) in [6, 6.07) is -3.71. The van der Waals surface area contributed by atoms with Crippen molar-refractivity contribution in [2.24, 2.45) is 17.2 Å². The summed E-state index contributed by atoms with van der Waals surface area (Å²) in [5.41, 5.74) is 15.9. The molecule has 156 valence electrons. The Morgan fingerprint density at radius 3 is 2.07 bits per heavy atom. The summed E-state index contributed by atoms with van der Waals surface area (Å²) in [5, 5.41) is 16.5. The number of nitrogens with two attached hydrogens (primary N) is 3. The SMILES string of the molecule is NCCCC[C@H](NC(=O)[C@H](CCCNC(N)=O)NC(=O)[C@@H](N)CS)C(=O)O. The quantitative estimate of drug-likeness (QED) is 0.119. The van der Waals surface area contributed by atoms with Crippen LogP contribution in [0.1, 0.15) is 32.1 Å². The average Bonchev–Trinajstić information content (AvgIpc) is 2.61. The monoisotopic (exact) mass is 406 g/mol. The second-order valence-electron chi connectivity index (χ2n) is 5.97. The molecule has 0 fully saturated rings. The number of unbranched alkanes of at least 4 members (excludes halogenated alkanes) is 1. The summed E-state index contributed by atoms with van der Waals surface area (Å²) in [7, 11) is 0. The predicted molar refractivity (Wildman–Crippen MR) is 103 cm³/mol. The number of carboxylic acid groups (broad SMARTS) is 1. The third-order valence-electron chi connectivity index (χ3n) is 3.70. The van der Waals surface area contributed by atoms with Gasteiger partial charge in [0.15, 0.2) is 0 Å². The standard InChI is InChI=1S/C15H30N6O5S/c16-6-2-1-4-11(14(24)25)21-13(23)10(5-3-7-19-15(18)26)20-12(22)9(17)8-27/h9-11,27H,1-8,16-17H2,(H,20,22)(H,21,23)(H,24,25)(H3,18,19,26)/t9-,10-,11-/m0/s1. The van der Waals surface area contributed by atoms with E-state index in [1.54, 1.807) is 0 Å². The first kappa shape index (κ1) is 24.9. The highest BCUT2D eigenvalue weighted by molar-refractivity contribution is 7.80. The van der Waals surface area contributed by atoms with E-state index in [2.05, 4.69) is 28.6 Å². The Morgan fingerprint density at radius 2 is 1.56 bits per heavy atom. The van der Waals surface area contributed by atoms with Crippen LogP contribution in [0.25, 0.3) is 0 Å². The van der Waals surface area contributed by atoms with Crippen molar-refractivity contribution < 1.29 is 24.3 Å². The van der Waals surface area contributed by atoms with Crippen LogP contribution in [0.3, 0.4) is 0 Å². The van der Waals surface area contributed by atoms with Crippen LogP contribution in [-0.4, -0.2) is 65.9 Å². The molecule has 0 saturated heterocycles. The molecule has 0 rings (SSSR count). The van der Waals surface area contributed by atoms with Crippen LogP contribution >= 0.6 is 12.6 Å². The molecule has 0 aliphatic carbocycles. The molecule has 11 nitrogen and oxygen atoms in total. The minimum Gasteiger partial charge on any atom is -0.480 e. The highest BCUT2D eigenvalue weighted by atomic mass is 32.1. The fourth-order valence-corrected chi connectivity index (χ4v) is 2.34. The van der Waals surface area contributed by atoms with E-state index in [4.69, 9.17) is 17.2 Å². The molecule has 27 heavy (non-hydrogen) atoms. The molecule has 0 saturated carbocycles. The number of amides is 4. The van der Waals surface area contributed by atoms with Crippen LogP contribution in [0.5, 0.6) is 0 Å². The molecule has 0 aliphatic heterocycles. The van der Waals surface area contributed by atoms with Gasteiger partial charge in [-0.2, -0.15) is 12.6 Å². The van der Waals surface area contributed by atoms with Gasteiger partial charge in [-0.3, -0.25) is 9.59 Å². The second-order valence-corrected chi connectivity index (χ2v) is 6.33. The zero-order valence-corrected chi connectivity index (χ0v) is 16.0. The van der Waals surface area contributed by atoms with Crippen LogP contribution in [0.4, 0.5) is 4.79 Å². The lowest BCUT2D eigenvalue weighted by molar-refractivity contribution is -0.142. The summed E-state index contributed by atoms with van der Waals surface area (Å²) in [4.78, 5) is 46.5. The first-order valence-electron chi connectivity index (χ1n) is 8.66. The molecule has 3 atom stereocenters. The Balaban J connectivity index is 4.91. The van der Waals surface area contributed by atoms with Crippen molar-refractivity contribution in [3.8, 4) is 0 Å². The molecule has 0 spiro atoms. The third kappa shape index (κ3) is 11.3. The summed E-state index contributed by atoms with van der Waals surface area (Å²) in [6.07, 6.45) is 1.89. The Bertz CT molecular complexity index is 507. The van der Waals surface area contributed by atoms with Gasteiger partial charge in [0.2, 0.25) is 11.8 Å². The fraction of sp³-hybridized carbons (Fsp3) is 0.733. The highest BCUT2D eigenvalue weighted by Crippen LogP contribution is 2.04. The maximum Gasteiger partial charge on any atom is 0.326 e. The minimum atomic E-state index is -1.17. The van der Waals surface area contributed by atoms with E-state index < -0.39 is 41.9 Å². The van der Waals surface area contributed by atoms with Crippen LogP contribution in [0.2, 0.25) is 0 Å². The van der Waals surface area contributed by atoms with Gasteiger partial charge in [0.25, 0.3) is 0 Å². The largest absolute Gasteiger partial charge is 0.480 e. The molecule has 10 N–H and O–H groups in total. The van der Waals surface area contributed by atoms with Crippen LogP contribution in [0.15, 0.2) is 0 Å². The summed E-state index contributed by atoms with van der Waals surface area (Å²) < 4.78 is 0. The molecule has 0 aliphatic rings. The summed E-state index contributed by atoms with van der Waals surface area (Å²) in [5.74, 6) is -2.31. The third-order valence-corrected chi connectivity index (χ3v) is 4.09. The molecule has 0 aromatic carbocycles. The van der Waals surface area contributed by atoms with E-state index >= 15 is 0 Å². The Labute approximate surface area is 163 Å². The molecule has 0 radical (unpaired) electrons. The highest BCUT2D eigenvalue weighted by Gasteiger charge is 2.27. The number of aliphatic carboxylic acids is 1. The lowest BCUT2D eigenvalue weighted by Crippen LogP contribution is -2.54. The molecule has 0 aromatic rings. The predicted octanol–water partition coefficient (Wildman–Crippen LogP) is -2.12. The number of thiol groups is 1. The minimum absolute atomic E-state index is 0.0836. The van der Waals surface area contributed by atoms with Crippen molar-refractivity contribution in [1.29, 1.82) is 0 Å². The summed E-state index contributed by atoms with van der Waals surface area (Å²) in [6.45, 7) is 0.625. The Hall–Kier alpha value is -2.05. The van der Waals surface area contributed by atoms with Crippen molar-refractivity contribution in [3.05, 3.63) is 0 Å².